The average Bonchev–Trinajstić information content (AvgIpc) is 2.52. The van der Waals surface area contributed by atoms with Crippen molar-refractivity contribution in [2.45, 2.75) is 64.1 Å². The SMILES string of the molecule is CC(C)(C)OC(=O)N1C2C=C(c3ccc(C(N)=O)cc3)CC1CCC2. The number of rotatable bonds is 2. The number of hydrogen-bond acceptors (Lipinski definition) is 3. The largest absolute Gasteiger partial charge is 0.444 e. The van der Waals surface area contributed by atoms with Crippen molar-refractivity contribution in [1.82, 2.24) is 4.90 Å². The number of ether oxygens (including phenoxy) is 1. The van der Waals surface area contributed by atoms with Crippen molar-refractivity contribution in [3.8, 4) is 0 Å². The molecule has 5 heteroatoms. The highest BCUT2D eigenvalue weighted by molar-refractivity contribution is 5.93. The monoisotopic (exact) mass is 342 g/mol. The van der Waals surface area contributed by atoms with Crippen LogP contribution < -0.4 is 5.73 Å². The Morgan fingerprint density at radius 1 is 1.16 bits per heavy atom. The average molecular weight is 342 g/mol. The van der Waals surface area contributed by atoms with Crippen molar-refractivity contribution < 1.29 is 14.3 Å². The Morgan fingerprint density at radius 3 is 2.40 bits per heavy atom. The quantitative estimate of drug-likeness (QED) is 0.890. The lowest BCUT2D eigenvalue weighted by atomic mass is 9.83. The zero-order valence-corrected chi connectivity index (χ0v) is 15.1. The topological polar surface area (TPSA) is 72.6 Å². The standard InChI is InChI=1S/C20H26N2O3/c1-20(2,3)25-19(24)22-16-5-4-6-17(22)12-15(11-16)13-7-9-14(10-8-13)18(21)23/h7-11,16-17H,4-6,12H2,1-3H3,(H2,21,23). The van der Waals surface area contributed by atoms with Crippen LogP contribution in [0.2, 0.25) is 0 Å². The molecule has 0 aliphatic carbocycles. The van der Waals surface area contributed by atoms with E-state index in [1.165, 1.54) is 5.57 Å². The Morgan fingerprint density at radius 2 is 1.84 bits per heavy atom. The summed E-state index contributed by atoms with van der Waals surface area (Å²) in [5.41, 5.74) is 7.65. The summed E-state index contributed by atoms with van der Waals surface area (Å²) in [6, 6.07) is 7.64. The molecule has 0 saturated carbocycles. The minimum absolute atomic E-state index is 0.0770. The van der Waals surface area contributed by atoms with Crippen LogP contribution in [0.25, 0.3) is 5.57 Å². The Hall–Kier alpha value is -2.30. The summed E-state index contributed by atoms with van der Waals surface area (Å²) in [6.45, 7) is 5.69. The molecule has 2 unspecified atom stereocenters. The molecule has 1 fully saturated rings. The van der Waals surface area contributed by atoms with E-state index in [1.54, 1.807) is 12.1 Å². The number of nitrogens with zero attached hydrogens (tertiary/aromatic N) is 1. The first-order valence-corrected chi connectivity index (χ1v) is 8.87. The number of nitrogens with two attached hydrogens (primary N) is 1. The molecule has 2 aliphatic heterocycles. The summed E-state index contributed by atoms with van der Waals surface area (Å²) >= 11 is 0. The van der Waals surface area contributed by atoms with Gasteiger partial charge in [-0.1, -0.05) is 18.2 Å². The predicted octanol–water partition coefficient (Wildman–Crippen LogP) is 3.73. The highest BCUT2D eigenvalue weighted by Gasteiger charge is 2.39. The van der Waals surface area contributed by atoms with Crippen molar-refractivity contribution in [2.24, 2.45) is 5.73 Å². The third-order valence-electron chi connectivity index (χ3n) is 4.78. The number of amides is 2. The minimum atomic E-state index is -0.486. The number of primary amides is 1. The van der Waals surface area contributed by atoms with Crippen molar-refractivity contribution in [3.05, 3.63) is 41.5 Å². The number of hydrogen-bond donors (Lipinski definition) is 1. The number of fused-ring (bicyclic) bond motifs is 2. The highest BCUT2D eigenvalue weighted by atomic mass is 16.6. The van der Waals surface area contributed by atoms with Gasteiger partial charge in [0, 0.05) is 11.6 Å². The molecule has 2 atom stereocenters. The van der Waals surface area contributed by atoms with Gasteiger partial charge in [0.25, 0.3) is 0 Å². The number of benzene rings is 1. The summed E-state index contributed by atoms with van der Waals surface area (Å²) in [7, 11) is 0. The summed E-state index contributed by atoms with van der Waals surface area (Å²) in [6.07, 6.45) is 5.84. The fraction of sp³-hybridized carbons (Fsp3) is 0.500. The molecule has 1 saturated heterocycles. The molecule has 5 nitrogen and oxygen atoms in total. The zero-order chi connectivity index (χ0) is 18.2. The molecule has 2 bridgehead atoms. The third-order valence-corrected chi connectivity index (χ3v) is 4.78. The second-order valence-electron chi connectivity index (χ2n) is 7.88. The van der Waals surface area contributed by atoms with E-state index in [2.05, 4.69) is 6.08 Å². The lowest BCUT2D eigenvalue weighted by Crippen LogP contribution is -2.53. The zero-order valence-electron chi connectivity index (χ0n) is 15.1. The molecule has 1 aromatic rings. The van der Waals surface area contributed by atoms with Gasteiger partial charge in [0.1, 0.15) is 5.60 Å². The van der Waals surface area contributed by atoms with Crippen LogP contribution in [-0.4, -0.2) is 34.6 Å². The van der Waals surface area contributed by atoms with E-state index >= 15 is 0 Å². The van der Waals surface area contributed by atoms with Gasteiger partial charge >= 0.3 is 6.09 Å². The van der Waals surface area contributed by atoms with Crippen LogP contribution in [0.5, 0.6) is 0 Å². The maximum absolute atomic E-state index is 12.6. The molecule has 0 aromatic heterocycles. The lowest BCUT2D eigenvalue weighted by Gasteiger charge is -2.45. The molecular formula is C20H26N2O3. The Kier molecular flexibility index (Phi) is 4.58. The van der Waals surface area contributed by atoms with Gasteiger partial charge in [-0.25, -0.2) is 4.79 Å². The minimum Gasteiger partial charge on any atom is -0.444 e. The van der Waals surface area contributed by atoms with Crippen LogP contribution in [0.15, 0.2) is 30.3 Å². The molecule has 1 aromatic carbocycles. The van der Waals surface area contributed by atoms with Gasteiger partial charge in [0.15, 0.2) is 0 Å². The highest BCUT2D eigenvalue weighted by Crippen LogP contribution is 2.37. The van der Waals surface area contributed by atoms with Crippen molar-refractivity contribution in [2.75, 3.05) is 0 Å². The molecule has 2 aliphatic rings. The first-order valence-electron chi connectivity index (χ1n) is 8.87. The molecule has 0 radical (unpaired) electrons. The smallest absolute Gasteiger partial charge is 0.411 e. The first kappa shape index (κ1) is 17.5. The molecule has 3 rings (SSSR count). The van der Waals surface area contributed by atoms with E-state index in [9.17, 15) is 9.59 Å². The maximum atomic E-state index is 12.6. The molecule has 2 amide bonds. The van der Waals surface area contributed by atoms with Crippen molar-refractivity contribution in [1.29, 1.82) is 0 Å². The molecule has 134 valence electrons. The van der Waals surface area contributed by atoms with Crippen LogP contribution in [0.1, 0.15) is 62.4 Å². The van der Waals surface area contributed by atoms with Gasteiger partial charge < -0.3 is 10.5 Å². The number of carbonyl (C=O) groups excluding carboxylic acids is 2. The first-order chi connectivity index (χ1) is 11.7. The van der Waals surface area contributed by atoms with Crippen LogP contribution in [-0.2, 0) is 4.74 Å². The van der Waals surface area contributed by atoms with Gasteiger partial charge in [-0.05, 0) is 69.7 Å². The van der Waals surface area contributed by atoms with E-state index < -0.39 is 11.5 Å². The predicted molar refractivity (Wildman–Crippen MR) is 97.1 cm³/mol. The van der Waals surface area contributed by atoms with Crippen LogP contribution in [0, 0.1) is 0 Å². The van der Waals surface area contributed by atoms with Crippen molar-refractivity contribution >= 4 is 17.6 Å². The number of carbonyl (C=O) groups is 2. The van der Waals surface area contributed by atoms with E-state index in [-0.39, 0.29) is 18.2 Å². The summed E-state index contributed by atoms with van der Waals surface area (Å²) in [5, 5.41) is 0. The summed E-state index contributed by atoms with van der Waals surface area (Å²) in [4.78, 5) is 25.8. The van der Waals surface area contributed by atoms with E-state index in [4.69, 9.17) is 10.5 Å². The Balaban J connectivity index is 1.83. The molecule has 25 heavy (non-hydrogen) atoms. The van der Waals surface area contributed by atoms with E-state index in [0.717, 1.165) is 31.2 Å². The summed E-state index contributed by atoms with van der Waals surface area (Å²) < 4.78 is 5.60. The fourth-order valence-electron chi connectivity index (χ4n) is 3.69. The Labute approximate surface area is 148 Å². The van der Waals surface area contributed by atoms with Crippen LogP contribution >= 0.6 is 0 Å². The van der Waals surface area contributed by atoms with E-state index in [1.807, 2.05) is 37.8 Å². The third kappa shape index (κ3) is 3.86. The number of piperidine rings is 1. The molecule has 0 spiro atoms. The van der Waals surface area contributed by atoms with Crippen LogP contribution in [0.4, 0.5) is 4.79 Å². The normalized spacial score (nSPS) is 23.0. The molecular weight excluding hydrogens is 316 g/mol. The van der Waals surface area contributed by atoms with Gasteiger partial charge in [-0.2, -0.15) is 0 Å². The maximum Gasteiger partial charge on any atom is 0.411 e. The molecule has 2 N–H and O–H groups in total. The van der Waals surface area contributed by atoms with Gasteiger partial charge in [-0.3, -0.25) is 9.69 Å². The summed E-state index contributed by atoms with van der Waals surface area (Å²) in [5.74, 6) is -0.419. The second kappa shape index (κ2) is 6.54. The second-order valence-corrected chi connectivity index (χ2v) is 7.88. The van der Waals surface area contributed by atoms with E-state index in [0.29, 0.717) is 5.56 Å². The molecule has 2 heterocycles. The lowest BCUT2D eigenvalue weighted by molar-refractivity contribution is 0.0000758. The fourth-order valence-corrected chi connectivity index (χ4v) is 3.69. The van der Waals surface area contributed by atoms with Gasteiger partial charge in [0.05, 0.1) is 6.04 Å². The van der Waals surface area contributed by atoms with Gasteiger partial charge in [0.2, 0.25) is 5.91 Å². The van der Waals surface area contributed by atoms with Crippen LogP contribution in [0.3, 0.4) is 0 Å². The van der Waals surface area contributed by atoms with Crippen molar-refractivity contribution in [3.63, 3.8) is 0 Å². The van der Waals surface area contributed by atoms with Gasteiger partial charge in [-0.15, -0.1) is 0 Å². The Bertz CT molecular complexity index is 701.